The third-order valence-corrected chi connectivity index (χ3v) is 4.78. The minimum atomic E-state index is -0.332. The first-order valence-corrected chi connectivity index (χ1v) is 6.00. The second-order valence-electron chi connectivity index (χ2n) is 1.99. The number of fused-ring (bicyclic) bond motifs is 1. The Morgan fingerprint density at radius 2 is 2.08 bits per heavy atom. The molecule has 12 heavy (non-hydrogen) atoms. The van der Waals surface area contributed by atoms with Gasteiger partial charge in [0.2, 0.25) is 0 Å². The van der Waals surface area contributed by atoms with E-state index in [-0.39, 0.29) is 17.8 Å². The number of allylic oxidation sites excluding steroid dienone is 1. The summed E-state index contributed by atoms with van der Waals surface area (Å²) in [6.07, 6.45) is 0. The van der Waals surface area contributed by atoms with Crippen LogP contribution in [0, 0.1) is 0 Å². The molecule has 0 radical (unpaired) electrons. The van der Waals surface area contributed by atoms with Crippen LogP contribution < -0.4 is 12.4 Å². The summed E-state index contributed by atoms with van der Waals surface area (Å²) in [4.78, 5) is 0.918. The molecule has 0 fully saturated rings. The Labute approximate surface area is 97.9 Å². The molecule has 1 aliphatic carbocycles. The van der Waals surface area contributed by atoms with E-state index in [1.165, 1.54) is 20.9 Å². The minimum absolute atomic E-state index is 0. The Morgan fingerprint density at radius 3 is 2.67 bits per heavy atom. The van der Waals surface area contributed by atoms with Crippen LogP contribution in [0.3, 0.4) is 0 Å². The summed E-state index contributed by atoms with van der Waals surface area (Å²) < 4.78 is 4.10. The van der Waals surface area contributed by atoms with Gasteiger partial charge in [0.1, 0.15) is 16.1 Å². The molecule has 0 spiro atoms. The number of nitrogens with zero attached hydrogens (tertiary/aromatic N) is 1. The van der Waals surface area contributed by atoms with E-state index in [0.29, 0.717) is 10.1 Å². The zero-order valence-electron chi connectivity index (χ0n) is 5.35. The third-order valence-electron chi connectivity index (χ3n) is 1.36. The number of hydrogen-bond acceptors (Lipinski definition) is 2. The molecule has 1 aromatic rings. The maximum Gasteiger partial charge on any atom is 0.324 e. The van der Waals surface area contributed by atoms with E-state index < -0.39 is 0 Å². The van der Waals surface area contributed by atoms with E-state index in [9.17, 15) is 0 Å². The highest BCUT2D eigenvalue weighted by Crippen LogP contribution is 2.49. The van der Waals surface area contributed by atoms with Crippen molar-refractivity contribution in [3.05, 3.63) is 15.6 Å². The average molecular weight is 281 g/mol. The third kappa shape index (κ3) is 1.47. The van der Waals surface area contributed by atoms with E-state index >= 15 is 0 Å². The van der Waals surface area contributed by atoms with Gasteiger partial charge in [-0.1, -0.05) is 23.2 Å². The molecular weight excluding hydrogens is 280 g/mol. The zero-order valence-corrected chi connectivity index (χ0v) is 10.0. The van der Waals surface area contributed by atoms with Crippen molar-refractivity contribution >= 4 is 60.7 Å². The molecule has 1 nitrogen and oxygen atoms in total. The maximum absolute atomic E-state index is 5.91. The highest BCUT2D eigenvalue weighted by molar-refractivity contribution is 7.67. The van der Waals surface area contributed by atoms with Crippen LogP contribution in [-0.4, -0.2) is 4.37 Å². The predicted octanol–water partition coefficient (Wildman–Crippen LogP) is 0.929. The van der Waals surface area contributed by atoms with Crippen LogP contribution in [0.2, 0.25) is 0 Å². The topological polar surface area (TPSA) is 12.9 Å². The summed E-state index contributed by atoms with van der Waals surface area (Å²) in [6, 6.07) is 0. The number of aromatic nitrogens is 1. The van der Waals surface area contributed by atoms with E-state index in [4.69, 9.17) is 34.8 Å². The first-order chi connectivity index (χ1) is 5.22. The van der Waals surface area contributed by atoms with Gasteiger partial charge in [0.15, 0.2) is 0 Å². The van der Waals surface area contributed by atoms with Crippen molar-refractivity contribution in [2.75, 3.05) is 0 Å². The Bertz CT molecular complexity index is 334. The summed E-state index contributed by atoms with van der Waals surface area (Å²) in [5.74, 6) is 0. The van der Waals surface area contributed by atoms with Crippen molar-refractivity contribution in [2.45, 2.75) is 5.38 Å². The van der Waals surface area contributed by atoms with Crippen LogP contribution in [0.4, 0.5) is 0 Å². The average Bonchev–Trinajstić information content (AvgIpc) is 2.53. The van der Waals surface area contributed by atoms with Gasteiger partial charge in [-0.2, -0.15) is 0 Å². The van der Waals surface area contributed by atoms with Gasteiger partial charge in [0.25, 0.3) is 15.4 Å². The van der Waals surface area contributed by atoms with Crippen molar-refractivity contribution in [1.29, 1.82) is 0 Å². The number of hydrogen-bond donors (Lipinski definition) is 0. The lowest BCUT2D eigenvalue weighted by atomic mass is 10.4. The zero-order chi connectivity index (χ0) is 8.01. The molecule has 0 aliphatic heterocycles. The molecule has 0 amide bonds. The fourth-order valence-electron chi connectivity index (χ4n) is 0.830. The molecule has 1 heterocycles. The first-order valence-electron chi connectivity index (χ1n) is 2.70. The Morgan fingerprint density at radius 1 is 1.42 bits per heavy atom. The molecule has 0 saturated carbocycles. The van der Waals surface area contributed by atoms with Crippen LogP contribution in [0.25, 0.3) is 5.03 Å². The summed E-state index contributed by atoms with van der Waals surface area (Å²) in [5, 5.41) is 0.719. The van der Waals surface area contributed by atoms with Crippen LogP contribution in [-0.2, 0) is 0 Å². The molecule has 1 unspecified atom stereocenters. The molecule has 1 aliphatic rings. The van der Waals surface area contributed by atoms with Crippen molar-refractivity contribution in [3.63, 3.8) is 0 Å². The summed E-state index contributed by atoms with van der Waals surface area (Å²) in [5.41, 5.74) is 0.802. The summed E-state index contributed by atoms with van der Waals surface area (Å²) >= 11 is 17.6. The van der Waals surface area contributed by atoms with Crippen LogP contribution in [0.1, 0.15) is 15.9 Å². The van der Waals surface area contributed by atoms with Gasteiger partial charge >= 0.3 is 10.3 Å². The smallest absolute Gasteiger partial charge is 0.324 e. The van der Waals surface area contributed by atoms with Crippen molar-refractivity contribution < 1.29 is 12.4 Å². The minimum Gasteiger partial charge on any atom is -1.00 e. The quantitative estimate of drug-likeness (QED) is 0.391. The van der Waals surface area contributed by atoms with Gasteiger partial charge in [0, 0.05) is 0 Å². The van der Waals surface area contributed by atoms with E-state index in [1.807, 2.05) is 0 Å². The molecule has 1 atom stereocenters. The normalized spacial score (nSPS) is 20.8. The summed E-state index contributed by atoms with van der Waals surface area (Å²) in [7, 11) is 2.88. The first kappa shape index (κ1) is 11.0. The monoisotopic (exact) mass is 279 g/mol. The lowest BCUT2D eigenvalue weighted by Gasteiger charge is -1.93. The largest absolute Gasteiger partial charge is 1.00 e. The fourth-order valence-corrected chi connectivity index (χ4v) is 3.95. The van der Waals surface area contributed by atoms with Crippen LogP contribution >= 0.6 is 55.7 Å². The lowest BCUT2D eigenvalue weighted by molar-refractivity contribution is -0.00000182. The lowest BCUT2D eigenvalue weighted by Crippen LogP contribution is -3.00. The highest BCUT2D eigenvalue weighted by atomic mass is 35.5. The van der Waals surface area contributed by atoms with E-state index in [2.05, 4.69) is 4.37 Å². The van der Waals surface area contributed by atoms with Crippen molar-refractivity contribution in [2.24, 2.45) is 0 Å². The van der Waals surface area contributed by atoms with Gasteiger partial charge < -0.3 is 12.4 Å². The molecule has 0 bridgehead atoms. The maximum atomic E-state index is 5.91. The van der Waals surface area contributed by atoms with Crippen molar-refractivity contribution in [3.8, 4) is 0 Å². The van der Waals surface area contributed by atoms with Gasteiger partial charge in [-0.05, 0) is 0 Å². The van der Waals surface area contributed by atoms with Crippen molar-refractivity contribution in [1.82, 2.24) is 4.37 Å². The molecule has 0 saturated heterocycles. The number of alkyl halides is 1. The van der Waals surface area contributed by atoms with Gasteiger partial charge in [-0.15, -0.1) is 16.0 Å². The van der Waals surface area contributed by atoms with Gasteiger partial charge in [-0.25, -0.2) is 0 Å². The molecule has 2 rings (SSSR count). The van der Waals surface area contributed by atoms with E-state index in [1.54, 1.807) is 0 Å². The molecule has 0 N–H and O–H groups in total. The Hall–Kier alpha value is 0.880. The standard InChI is InChI=1S/C5HCl3NS2.ClH/c6-1-2(7)4-5(3(1)8)10-11-9-4;/h2H;1H/q+1;/p-1. The van der Waals surface area contributed by atoms with E-state index in [0.717, 1.165) is 10.6 Å². The van der Waals surface area contributed by atoms with Crippen LogP contribution in [0.15, 0.2) is 5.03 Å². The fraction of sp³-hybridized carbons (Fsp3) is 0.200. The molecular formula is C5HCl4NS2. The molecule has 66 valence electrons. The second-order valence-corrected chi connectivity index (χ2v) is 5.06. The Kier molecular flexibility index (Phi) is 3.60. The predicted molar refractivity (Wildman–Crippen MR) is 51.6 cm³/mol. The Balaban J connectivity index is 0.000000720. The SMILES string of the molecule is ClC1=C(Cl)C(Cl)c2ns[s+]c21.[Cl-]. The summed E-state index contributed by atoms with van der Waals surface area (Å²) in [6.45, 7) is 0. The molecule has 7 heteroatoms. The van der Waals surface area contributed by atoms with Gasteiger partial charge in [-0.3, -0.25) is 0 Å². The molecule has 0 aromatic carbocycles. The van der Waals surface area contributed by atoms with Crippen LogP contribution in [0.5, 0.6) is 0 Å². The number of rotatable bonds is 0. The number of halogens is 4. The second kappa shape index (κ2) is 3.95. The van der Waals surface area contributed by atoms with Gasteiger partial charge in [0.05, 0.1) is 5.03 Å². The molecule has 1 aromatic heterocycles. The highest BCUT2D eigenvalue weighted by Gasteiger charge is 2.38.